The molecular weight excluding hydrogens is 444 g/mol. The van der Waals surface area contributed by atoms with Crippen molar-refractivity contribution in [3.63, 3.8) is 0 Å². The molecule has 0 radical (unpaired) electrons. The molecular formula is C24H24ClN4O4-. The molecule has 1 aromatic heterocycles. The van der Waals surface area contributed by atoms with Crippen LogP contribution in [0.5, 0.6) is 0 Å². The van der Waals surface area contributed by atoms with Crippen molar-refractivity contribution < 1.29 is 14.4 Å². The molecule has 2 fully saturated rings. The first-order valence-corrected chi connectivity index (χ1v) is 11.2. The zero-order chi connectivity index (χ0) is 23.1. The highest BCUT2D eigenvalue weighted by Gasteiger charge is 2.39. The molecule has 0 saturated carbocycles. The third-order valence-electron chi connectivity index (χ3n) is 6.45. The van der Waals surface area contributed by atoms with E-state index in [9.17, 15) is 15.2 Å². The van der Waals surface area contributed by atoms with Crippen LogP contribution < -0.4 is 15.4 Å². The van der Waals surface area contributed by atoms with Crippen LogP contribution >= 0.6 is 11.6 Å². The fourth-order valence-electron chi connectivity index (χ4n) is 4.90. The summed E-state index contributed by atoms with van der Waals surface area (Å²) in [6, 6.07) is 15.9. The molecule has 1 amide bonds. The van der Waals surface area contributed by atoms with Crippen molar-refractivity contribution in [2.75, 3.05) is 42.1 Å². The van der Waals surface area contributed by atoms with E-state index in [1.807, 2.05) is 24.3 Å². The van der Waals surface area contributed by atoms with Crippen molar-refractivity contribution >= 4 is 34.6 Å². The van der Waals surface area contributed by atoms with Crippen molar-refractivity contribution in [1.82, 2.24) is 4.90 Å². The number of nitrogens with zero attached hydrogens (tertiary/aromatic N) is 3. The van der Waals surface area contributed by atoms with Crippen molar-refractivity contribution in [3.8, 4) is 11.3 Å². The van der Waals surface area contributed by atoms with E-state index in [4.69, 9.17) is 16.0 Å². The van der Waals surface area contributed by atoms with E-state index in [2.05, 4.69) is 22.2 Å². The Morgan fingerprint density at radius 2 is 1.97 bits per heavy atom. The number of rotatable bonds is 5. The summed E-state index contributed by atoms with van der Waals surface area (Å²) < 4.78 is 5.65. The first-order valence-electron chi connectivity index (χ1n) is 10.8. The summed E-state index contributed by atoms with van der Waals surface area (Å²) in [7, 11) is 2.17. The van der Waals surface area contributed by atoms with Crippen molar-refractivity contribution in [1.29, 1.82) is 0 Å². The molecule has 0 bridgehead atoms. The number of furan rings is 1. The molecule has 8 nitrogen and oxygen atoms in total. The summed E-state index contributed by atoms with van der Waals surface area (Å²) >= 11 is 5.90. The van der Waals surface area contributed by atoms with Gasteiger partial charge in [-0.1, -0.05) is 11.6 Å². The van der Waals surface area contributed by atoms with Crippen LogP contribution in [0.2, 0.25) is 5.02 Å². The van der Waals surface area contributed by atoms with Gasteiger partial charge in [0, 0.05) is 47.6 Å². The Kier molecular flexibility index (Phi) is 5.76. The summed E-state index contributed by atoms with van der Waals surface area (Å²) in [6.07, 6.45) is 1.21. The summed E-state index contributed by atoms with van der Waals surface area (Å²) in [4.78, 5) is 17.5. The van der Waals surface area contributed by atoms with E-state index >= 15 is 0 Å². The minimum atomic E-state index is -0.411. The van der Waals surface area contributed by atoms with Gasteiger partial charge in [-0.15, -0.1) is 0 Å². The largest absolute Gasteiger partial charge is 0.733 e. The van der Waals surface area contributed by atoms with Gasteiger partial charge in [0.1, 0.15) is 5.76 Å². The molecule has 2 aromatic carbocycles. The van der Waals surface area contributed by atoms with Gasteiger partial charge in [0.05, 0.1) is 5.69 Å². The molecule has 0 spiro atoms. The lowest BCUT2D eigenvalue weighted by atomic mass is 10.0. The predicted octanol–water partition coefficient (Wildman–Crippen LogP) is 4.69. The monoisotopic (exact) mass is 467 g/mol. The van der Waals surface area contributed by atoms with Gasteiger partial charge < -0.3 is 30.0 Å². The Hall–Kier alpha value is -3.04. The van der Waals surface area contributed by atoms with Crippen LogP contribution in [0.15, 0.2) is 59.0 Å². The van der Waals surface area contributed by atoms with E-state index in [1.54, 1.807) is 18.2 Å². The number of amides is 1. The molecule has 2 N–H and O–H groups in total. The molecule has 33 heavy (non-hydrogen) atoms. The zero-order valence-electron chi connectivity index (χ0n) is 18.1. The van der Waals surface area contributed by atoms with Crippen LogP contribution in [-0.4, -0.2) is 48.7 Å². The van der Waals surface area contributed by atoms with Gasteiger partial charge in [-0.3, -0.25) is 10.0 Å². The molecule has 9 heteroatoms. The van der Waals surface area contributed by atoms with Crippen LogP contribution in [0.4, 0.5) is 17.1 Å². The Balaban J connectivity index is 1.28. The van der Waals surface area contributed by atoms with Gasteiger partial charge in [-0.25, -0.2) is 0 Å². The van der Waals surface area contributed by atoms with Crippen molar-refractivity contribution in [2.24, 2.45) is 5.92 Å². The lowest BCUT2D eigenvalue weighted by molar-refractivity contribution is 0.0997. The highest BCUT2D eigenvalue weighted by atomic mass is 35.5. The average molecular weight is 468 g/mol. The number of fused-ring (bicyclic) bond motifs is 1. The fourth-order valence-corrected chi connectivity index (χ4v) is 5.06. The Labute approximate surface area is 196 Å². The van der Waals surface area contributed by atoms with Gasteiger partial charge >= 0.3 is 0 Å². The molecule has 2 aliphatic rings. The maximum Gasteiger partial charge on any atom is 0.291 e. The second kappa shape index (κ2) is 8.72. The molecule has 0 aliphatic carbocycles. The third-order valence-corrected chi connectivity index (χ3v) is 6.68. The van der Waals surface area contributed by atoms with Gasteiger partial charge in [-0.2, -0.15) is 0 Å². The number of carbonyl (C=O) groups is 1. The molecule has 3 heterocycles. The number of nitrogens with one attached hydrogen (secondary N) is 1. The SMILES string of the molecule is CN1C[C@@H]2CCN(c3ccc(NC(=O)c4ccc(-c5ccc(Cl)cc5N([O-])O)o4)cc3)[C@@H]2C1. The second-order valence-corrected chi connectivity index (χ2v) is 9.07. The lowest BCUT2D eigenvalue weighted by Gasteiger charge is -2.26. The van der Waals surface area contributed by atoms with Crippen LogP contribution in [0, 0.1) is 11.1 Å². The molecule has 2 saturated heterocycles. The van der Waals surface area contributed by atoms with Gasteiger partial charge in [0.25, 0.3) is 5.91 Å². The summed E-state index contributed by atoms with van der Waals surface area (Å²) in [6.45, 7) is 3.30. The standard InChI is InChI=1S/C24H24ClN4O4/c1-27-13-15-10-11-28(21(15)14-27)18-5-3-17(4-6-18)26-24(30)23-9-8-22(33-23)19-7-2-16(25)12-20(19)29(31)32/h2-9,12,15,21,31H,10-11,13-14H2,1H3,(H,26,30)/q-1/t15-,21+/m0/s1. The van der Waals surface area contributed by atoms with Gasteiger partial charge in [0.15, 0.2) is 5.76 Å². The van der Waals surface area contributed by atoms with E-state index < -0.39 is 5.91 Å². The normalized spacial score (nSPS) is 20.2. The van der Waals surface area contributed by atoms with Crippen LogP contribution in [-0.2, 0) is 0 Å². The topological polar surface area (TPSA) is 95.2 Å². The van der Waals surface area contributed by atoms with Crippen LogP contribution in [0.1, 0.15) is 17.0 Å². The summed E-state index contributed by atoms with van der Waals surface area (Å²) in [5.41, 5.74) is 2.07. The number of hydrogen-bond acceptors (Lipinski definition) is 7. The number of halogens is 1. The number of likely N-dealkylation sites (tertiary alicyclic amines) is 1. The minimum Gasteiger partial charge on any atom is -0.733 e. The predicted molar refractivity (Wildman–Crippen MR) is 128 cm³/mol. The first kappa shape index (κ1) is 21.8. The van der Waals surface area contributed by atoms with E-state index in [-0.39, 0.29) is 22.4 Å². The van der Waals surface area contributed by atoms with Crippen molar-refractivity contribution in [2.45, 2.75) is 12.5 Å². The number of anilines is 3. The lowest BCUT2D eigenvalue weighted by Crippen LogP contribution is -2.34. The molecule has 2 atom stereocenters. The fraction of sp³-hybridized carbons (Fsp3) is 0.292. The van der Waals surface area contributed by atoms with E-state index in [1.165, 1.54) is 18.6 Å². The Morgan fingerprint density at radius 3 is 2.73 bits per heavy atom. The summed E-state index contributed by atoms with van der Waals surface area (Å²) in [5.74, 6) is 0.665. The molecule has 2 aliphatic heterocycles. The number of benzene rings is 2. The molecule has 0 unspecified atom stereocenters. The zero-order valence-corrected chi connectivity index (χ0v) is 18.8. The maximum atomic E-state index is 12.7. The third kappa shape index (κ3) is 4.30. The number of likely N-dealkylation sites (N-methyl/N-ethyl adjacent to an activating group) is 1. The van der Waals surface area contributed by atoms with Crippen LogP contribution in [0.3, 0.4) is 0 Å². The quantitative estimate of drug-likeness (QED) is 0.526. The van der Waals surface area contributed by atoms with Crippen LogP contribution in [0.25, 0.3) is 11.3 Å². The number of hydrogen-bond donors (Lipinski definition) is 2. The minimum absolute atomic E-state index is 0.0722. The van der Waals surface area contributed by atoms with Crippen molar-refractivity contribution in [3.05, 3.63) is 70.6 Å². The number of carbonyl (C=O) groups excluding carboxylic acids is 1. The molecule has 172 valence electrons. The Morgan fingerprint density at radius 1 is 1.18 bits per heavy atom. The second-order valence-electron chi connectivity index (χ2n) is 8.63. The molecule has 5 rings (SSSR count). The first-order chi connectivity index (χ1) is 15.9. The highest BCUT2D eigenvalue weighted by Crippen LogP contribution is 2.36. The van der Waals surface area contributed by atoms with E-state index in [0.29, 0.717) is 22.3 Å². The van der Waals surface area contributed by atoms with E-state index in [0.717, 1.165) is 31.2 Å². The molecule has 3 aromatic rings. The smallest absolute Gasteiger partial charge is 0.291 e. The average Bonchev–Trinajstić information content (AvgIpc) is 3.50. The summed E-state index contributed by atoms with van der Waals surface area (Å²) in [5, 5.41) is 23.7. The van der Waals surface area contributed by atoms with Gasteiger partial charge in [0.2, 0.25) is 0 Å². The Bertz CT molecular complexity index is 1160. The maximum absolute atomic E-state index is 12.7. The highest BCUT2D eigenvalue weighted by molar-refractivity contribution is 6.31. The van der Waals surface area contributed by atoms with Gasteiger partial charge in [-0.05, 0) is 74.0 Å².